The van der Waals surface area contributed by atoms with Crippen molar-refractivity contribution in [3.05, 3.63) is 63.4 Å². The van der Waals surface area contributed by atoms with Gasteiger partial charge in [0.1, 0.15) is 11.6 Å². The van der Waals surface area contributed by atoms with Crippen molar-refractivity contribution in [1.82, 2.24) is 0 Å². The molecule has 19 heavy (non-hydrogen) atoms. The summed E-state index contributed by atoms with van der Waals surface area (Å²) in [5.74, 6) is 0.481. The van der Waals surface area contributed by atoms with E-state index >= 15 is 0 Å². The molecular formula is C15H15BrFNO. The Morgan fingerprint density at radius 3 is 2.63 bits per heavy atom. The molecule has 0 bridgehead atoms. The summed E-state index contributed by atoms with van der Waals surface area (Å²) in [6, 6.07) is 10.3. The summed E-state index contributed by atoms with van der Waals surface area (Å²) in [6.45, 7) is 1.94. The van der Waals surface area contributed by atoms with Gasteiger partial charge in [-0.1, -0.05) is 24.3 Å². The molecule has 0 aromatic heterocycles. The molecule has 2 nitrogen and oxygen atoms in total. The summed E-state index contributed by atoms with van der Waals surface area (Å²) in [6.07, 6.45) is 0. The Balaban J connectivity index is 2.41. The molecule has 2 rings (SSSR count). The maximum Gasteiger partial charge on any atom is 0.142 e. The lowest BCUT2D eigenvalue weighted by molar-refractivity contribution is 0.411. The second-order valence-corrected chi connectivity index (χ2v) is 5.20. The van der Waals surface area contributed by atoms with Crippen LogP contribution in [0.2, 0.25) is 0 Å². The maximum absolute atomic E-state index is 14.0. The Hall–Kier alpha value is -1.39. The monoisotopic (exact) mass is 323 g/mol. The van der Waals surface area contributed by atoms with Crippen LogP contribution in [0.5, 0.6) is 5.75 Å². The lowest BCUT2D eigenvalue weighted by Crippen LogP contribution is -2.14. The number of aryl methyl sites for hydroxylation is 1. The quantitative estimate of drug-likeness (QED) is 0.928. The third kappa shape index (κ3) is 2.80. The first-order valence-electron chi connectivity index (χ1n) is 5.88. The molecule has 0 spiro atoms. The first-order chi connectivity index (χ1) is 9.04. The lowest BCUT2D eigenvalue weighted by Gasteiger charge is -2.16. The fourth-order valence-corrected chi connectivity index (χ4v) is 2.42. The molecule has 0 aliphatic carbocycles. The topological polar surface area (TPSA) is 35.2 Å². The molecule has 0 aliphatic rings. The Morgan fingerprint density at radius 1 is 1.26 bits per heavy atom. The van der Waals surface area contributed by atoms with Gasteiger partial charge in [0.15, 0.2) is 0 Å². The van der Waals surface area contributed by atoms with Gasteiger partial charge in [-0.15, -0.1) is 0 Å². The molecule has 0 aliphatic heterocycles. The average Bonchev–Trinajstić information content (AvgIpc) is 2.41. The molecular weight excluding hydrogens is 309 g/mol. The predicted octanol–water partition coefficient (Wildman–Crippen LogP) is 3.95. The summed E-state index contributed by atoms with van der Waals surface area (Å²) < 4.78 is 19.7. The number of ether oxygens (including phenoxy) is 1. The van der Waals surface area contributed by atoms with Crippen molar-refractivity contribution in [2.45, 2.75) is 13.0 Å². The van der Waals surface area contributed by atoms with E-state index in [9.17, 15) is 4.39 Å². The van der Waals surface area contributed by atoms with E-state index < -0.39 is 6.04 Å². The van der Waals surface area contributed by atoms with Gasteiger partial charge in [-0.3, -0.25) is 0 Å². The highest BCUT2D eigenvalue weighted by atomic mass is 79.9. The van der Waals surface area contributed by atoms with Gasteiger partial charge in [-0.05, 0) is 46.1 Å². The van der Waals surface area contributed by atoms with E-state index in [1.165, 1.54) is 0 Å². The van der Waals surface area contributed by atoms with E-state index in [2.05, 4.69) is 15.9 Å². The number of methoxy groups -OCH3 is 1. The van der Waals surface area contributed by atoms with E-state index in [0.717, 1.165) is 16.9 Å². The number of halogens is 2. The largest absolute Gasteiger partial charge is 0.496 e. The van der Waals surface area contributed by atoms with Crippen molar-refractivity contribution in [1.29, 1.82) is 0 Å². The van der Waals surface area contributed by atoms with E-state index in [4.69, 9.17) is 10.5 Å². The minimum atomic E-state index is -0.498. The molecule has 2 N–H and O–H groups in total. The van der Waals surface area contributed by atoms with Crippen LogP contribution >= 0.6 is 15.9 Å². The number of benzene rings is 2. The van der Waals surface area contributed by atoms with Crippen molar-refractivity contribution in [3.63, 3.8) is 0 Å². The summed E-state index contributed by atoms with van der Waals surface area (Å²) in [7, 11) is 1.62. The van der Waals surface area contributed by atoms with Gasteiger partial charge < -0.3 is 10.5 Å². The summed E-state index contributed by atoms with van der Waals surface area (Å²) in [4.78, 5) is 0. The molecule has 4 heteroatoms. The fourth-order valence-electron chi connectivity index (χ4n) is 2.04. The van der Waals surface area contributed by atoms with E-state index in [1.807, 2.05) is 25.1 Å². The minimum Gasteiger partial charge on any atom is -0.496 e. The van der Waals surface area contributed by atoms with Gasteiger partial charge in [0.2, 0.25) is 0 Å². The first kappa shape index (κ1) is 14.0. The molecule has 0 fully saturated rings. The van der Waals surface area contributed by atoms with Gasteiger partial charge in [0, 0.05) is 5.56 Å². The molecule has 1 atom stereocenters. The number of nitrogens with two attached hydrogens (primary N) is 1. The molecule has 0 saturated heterocycles. The summed E-state index contributed by atoms with van der Waals surface area (Å²) in [5.41, 5.74) is 8.45. The van der Waals surface area contributed by atoms with Gasteiger partial charge in [-0.2, -0.15) is 0 Å². The van der Waals surface area contributed by atoms with Gasteiger partial charge in [-0.25, -0.2) is 4.39 Å². The Labute approximate surface area is 120 Å². The van der Waals surface area contributed by atoms with E-state index in [0.29, 0.717) is 10.0 Å². The Morgan fingerprint density at radius 2 is 2.00 bits per heavy atom. The van der Waals surface area contributed by atoms with Crippen molar-refractivity contribution < 1.29 is 9.13 Å². The third-order valence-electron chi connectivity index (χ3n) is 3.09. The third-order valence-corrected chi connectivity index (χ3v) is 3.71. The first-order valence-corrected chi connectivity index (χ1v) is 6.68. The van der Waals surface area contributed by atoms with Crippen LogP contribution in [0.3, 0.4) is 0 Å². The van der Waals surface area contributed by atoms with Gasteiger partial charge in [0.05, 0.1) is 17.6 Å². The number of hydrogen-bond donors (Lipinski definition) is 1. The SMILES string of the molecule is COc1ccc(C(N)c2cccc(Br)c2F)cc1C. The highest BCUT2D eigenvalue weighted by Crippen LogP contribution is 2.29. The van der Waals surface area contributed by atoms with E-state index in [-0.39, 0.29) is 5.82 Å². The second kappa shape index (κ2) is 5.72. The smallest absolute Gasteiger partial charge is 0.142 e. The summed E-state index contributed by atoms with van der Waals surface area (Å²) >= 11 is 3.17. The predicted molar refractivity (Wildman–Crippen MR) is 77.9 cm³/mol. The van der Waals surface area contributed by atoms with Gasteiger partial charge >= 0.3 is 0 Å². The van der Waals surface area contributed by atoms with Crippen LogP contribution in [-0.2, 0) is 0 Å². The molecule has 1 unspecified atom stereocenters. The van der Waals surface area contributed by atoms with Crippen LogP contribution in [0.4, 0.5) is 4.39 Å². The molecule has 0 saturated carbocycles. The Kier molecular flexibility index (Phi) is 4.22. The lowest BCUT2D eigenvalue weighted by atomic mass is 9.97. The molecule has 0 radical (unpaired) electrons. The highest BCUT2D eigenvalue weighted by Gasteiger charge is 2.16. The Bertz CT molecular complexity index is 601. The zero-order chi connectivity index (χ0) is 14.0. The normalized spacial score (nSPS) is 12.3. The van der Waals surface area contributed by atoms with Gasteiger partial charge in [0.25, 0.3) is 0 Å². The van der Waals surface area contributed by atoms with Crippen molar-refractivity contribution >= 4 is 15.9 Å². The van der Waals surface area contributed by atoms with Crippen molar-refractivity contribution in [2.75, 3.05) is 7.11 Å². The fraction of sp³-hybridized carbons (Fsp3) is 0.200. The van der Waals surface area contributed by atoms with Crippen LogP contribution < -0.4 is 10.5 Å². The highest BCUT2D eigenvalue weighted by molar-refractivity contribution is 9.10. The van der Waals surface area contributed by atoms with Crippen LogP contribution in [0.25, 0.3) is 0 Å². The zero-order valence-corrected chi connectivity index (χ0v) is 12.4. The standard InChI is InChI=1S/C15H15BrFNO/c1-9-8-10(6-7-13(9)19-2)15(18)11-4-3-5-12(16)14(11)17/h3-8,15H,18H2,1-2H3. The molecule has 100 valence electrons. The zero-order valence-electron chi connectivity index (χ0n) is 10.8. The van der Waals surface area contributed by atoms with Crippen LogP contribution in [-0.4, -0.2) is 7.11 Å². The molecule has 2 aromatic carbocycles. The van der Waals surface area contributed by atoms with E-state index in [1.54, 1.807) is 25.3 Å². The molecule has 0 amide bonds. The average molecular weight is 324 g/mol. The minimum absolute atomic E-state index is 0.316. The van der Waals surface area contributed by atoms with Crippen molar-refractivity contribution in [3.8, 4) is 5.75 Å². The second-order valence-electron chi connectivity index (χ2n) is 4.35. The van der Waals surface area contributed by atoms with Crippen molar-refractivity contribution in [2.24, 2.45) is 5.73 Å². The van der Waals surface area contributed by atoms with Crippen LogP contribution in [0.1, 0.15) is 22.7 Å². The molecule has 0 heterocycles. The number of rotatable bonds is 3. The molecule has 2 aromatic rings. The van der Waals surface area contributed by atoms with Crippen LogP contribution in [0, 0.1) is 12.7 Å². The number of hydrogen-bond acceptors (Lipinski definition) is 2. The van der Waals surface area contributed by atoms with Crippen LogP contribution in [0.15, 0.2) is 40.9 Å². The maximum atomic E-state index is 14.0. The summed E-state index contributed by atoms with van der Waals surface area (Å²) in [5, 5.41) is 0.